The van der Waals surface area contributed by atoms with Crippen LogP contribution in [0.25, 0.3) is 0 Å². The van der Waals surface area contributed by atoms with Crippen molar-refractivity contribution in [2.24, 2.45) is 0 Å². The average Bonchev–Trinajstić information content (AvgIpc) is 2.75. The van der Waals surface area contributed by atoms with Gasteiger partial charge in [-0.2, -0.15) is 5.26 Å². The van der Waals surface area contributed by atoms with Crippen molar-refractivity contribution in [3.05, 3.63) is 59.2 Å². The molecule has 2 aromatic carbocycles. The van der Waals surface area contributed by atoms with Gasteiger partial charge in [0, 0.05) is 5.69 Å². The quantitative estimate of drug-likeness (QED) is 0.746. The van der Waals surface area contributed by atoms with E-state index in [1.54, 1.807) is 29.2 Å². The third-order valence-corrected chi connectivity index (χ3v) is 5.33. The number of nitrogens with zero attached hydrogens (tertiary/aromatic N) is 2. The fourth-order valence-corrected chi connectivity index (χ4v) is 3.53. The molecule has 0 bridgehead atoms. The highest BCUT2D eigenvalue weighted by molar-refractivity contribution is 5.93. The molecule has 1 fully saturated rings. The molecule has 0 aromatic heterocycles. The maximum Gasteiger partial charge on any atom is 0.279 e. The molecule has 2 amide bonds. The second kappa shape index (κ2) is 9.90. The van der Waals surface area contributed by atoms with Crippen LogP contribution in [0, 0.1) is 25.2 Å². The molecule has 1 aliphatic rings. The molecule has 1 heterocycles. The van der Waals surface area contributed by atoms with Crippen LogP contribution in [0.1, 0.15) is 16.7 Å². The molecule has 156 valence electrons. The number of nitriles is 1. The minimum Gasteiger partial charge on any atom is -0.484 e. The largest absolute Gasteiger partial charge is 0.484 e. The van der Waals surface area contributed by atoms with Crippen LogP contribution < -0.4 is 15.0 Å². The molecule has 2 N–H and O–H groups in total. The van der Waals surface area contributed by atoms with Gasteiger partial charge in [0.15, 0.2) is 13.2 Å². The van der Waals surface area contributed by atoms with E-state index in [4.69, 9.17) is 10.00 Å². The Hall–Kier alpha value is -3.37. The first-order valence-corrected chi connectivity index (χ1v) is 10.1. The topological polar surface area (TPSA) is 86.9 Å². The van der Waals surface area contributed by atoms with Crippen LogP contribution in [0.4, 0.5) is 5.69 Å². The normalized spacial score (nSPS) is 14.1. The zero-order valence-electron chi connectivity index (χ0n) is 17.4. The fourth-order valence-electron chi connectivity index (χ4n) is 3.53. The second-order valence-electron chi connectivity index (χ2n) is 7.55. The summed E-state index contributed by atoms with van der Waals surface area (Å²) in [5, 5.41) is 11.8. The van der Waals surface area contributed by atoms with E-state index in [1.807, 2.05) is 38.1 Å². The van der Waals surface area contributed by atoms with Crippen LogP contribution >= 0.6 is 0 Å². The Labute approximate surface area is 176 Å². The van der Waals surface area contributed by atoms with E-state index in [0.29, 0.717) is 30.9 Å². The van der Waals surface area contributed by atoms with Gasteiger partial charge in [0.25, 0.3) is 11.8 Å². The minimum atomic E-state index is -0.0709. The summed E-state index contributed by atoms with van der Waals surface area (Å²) in [7, 11) is 0. The Morgan fingerprint density at radius 3 is 2.33 bits per heavy atom. The molecule has 7 heteroatoms. The van der Waals surface area contributed by atoms with Crippen LogP contribution in [-0.4, -0.2) is 56.0 Å². The van der Waals surface area contributed by atoms with Gasteiger partial charge in [0.2, 0.25) is 0 Å². The van der Waals surface area contributed by atoms with Gasteiger partial charge in [0.1, 0.15) is 5.75 Å². The number of carbonyl (C=O) groups excluding carboxylic acids is 2. The molecule has 1 saturated heterocycles. The maximum atomic E-state index is 12.5. The lowest BCUT2D eigenvalue weighted by Gasteiger charge is -2.31. The van der Waals surface area contributed by atoms with Gasteiger partial charge in [-0.1, -0.05) is 18.2 Å². The average molecular weight is 407 g/mol. The number of benzene rings is 2. The molecule has 0 spiro atoms. The lowest BCUT2D eigenvalue weighted by molar-refractivity contribution is -0.895. The molecule has 0 atom stereocenters. The molecule has 0 aliphatic carbocycles. The molecule has 1 aliphatic heterocycles. The molecular weight excluding hydrogens is 380 g/mol. The molecule has 0 radical (unpaired) electrons. The highest BCUT2D eigenvalue weighted by atomic mass is 16.5. The van der Waals surface area contributed by atoms with E-state index in [0.717, 1.165) is 34.8 Å². The van der Waals surface area contributed by atoms with Gasteiger partial charge >= 0.3 is 0 Å². The standard InChI is InChI=1S/C23H26N4O3/c1-17-4-3-5-18(2)23(17)25-21(28)15-26-10-12-27(13-11-26)22(29)16-30-20-8-6-19(14-24)7-9-20/h3-9H,10-13,15-16H2,1-2H3,(H,25,28)/p+1. The summed E-state index contributed by atoms with van der Waals surface area (Å²) < 4.78 is 5.53. The molecule has 7 nitrogen and oxygen atoms in total. The number of carbonyl (C=O) groups is 2. The van der Waals surface area contributed by atoms with Crippen molar-refractivity contribution < 1.29 is 19.2 Å². The molecular formula is C23H27N4O3+. The van der Waals surface area contributed by atoms with Crippen LogP contribution in [0.5, 0.6) is 5.75 Å². The number of piperazine rings is 1. The van der Waals surface area contributed by atoms with Crippen LogP contribution in [0.15, 0.2) is 42.5 Å². The Morgan fingerprint density at radius 1 is 1.10 bits per heavy atom. The molecule has 0 unspecified atom stereocenters. The van der Waals surface area contributed by atoms with Gasteiger partial charge in [-0.3, -0.25) is 9.59 Å². The van der Waals surface area contributed by atoms with Crippen molar-refractivity contribution in [1.82, 2.24) is 4.90 Å². The van der Waals surface area contributed by atoms with Gasteiger partial charge in [0.05, 0.1) is 37.8 Å². The third-order valence-electron chi connectivity index (χ3n) is 5.33. The minimum absolute atomic E-state index is 0.00803. The molecule has 30 heavy (non-hydrogen) atoms. The number of rotatable bonds is 6. The highest BCUT2D eigenvalue weighted by Crippen LogP contribution is 2.19. The summed E-state index contributed by atoms with van der Waals surface area (Å²) in [5.41, 5.74) is 3.54. The Kier molecular flexibility index (Phi) is 7.04. The first-order valence-electron chi connectivity index (χ1n) is 10.1. The lowest BCUT2D eigenvalue weighted by Crippen LogP contribution is -3.15. The number of nitrogens with one attached hydrogen (secondary N) is 2. The van der Waals surface area contributed by atoms with Crippen molar-refractivity contribution in [2.45, 2.75) is 13.8 Å². The number of quaternary nitrogens is 1. The summed E-state index contributed by atoms with van der Waals surface area (Å²) >= 11 is 0. The third kappa shape index (κ3) is 5.58. The van der Waals surface area contributed by atoms with Crippen LogP contribution in [-0.2, 0) is 9.59 Å². The summed E-state index contributed by atoms with van der Waals surface area (Å²) in [6.45, 7) is 6.97. The van der Waals surface area contributed by atoms with Crippen LogP contribution in [0.3, 0.4) is 0 Å². The van der Waals surface area contributed by atoms with Gasteiger partial charge in [-0.25, -0.2) is 0 Å². The zero-order valence-corrected chi connectivity index (χ0v) is 17.4. The summed E-state index contributed by atoms with van der Waals surface area (Å²) in [4.78, 5) is 27.8. The van der Waals surface area contributed by atoms with E-state index in [-0.39, 0.29) is 18.4 Å². The van der Waals surface area contributed by atoms with E-state index < -0.39 is 0 Å². The molecule has 2 aromatic rings. The molecule has 3 rings (SSSR count). The van der Waals surface area contributed by atoms with E-state index in [2.05, 4.69) is 5.32 Å². The SMILES string of the molecule is Cc1cccc(C)c1NC(=O)C[NH+]1CCN(C(=O)COc2ccc(C#N)cc2)CC1. The zero-order chi connectivity index (χ0) is 21.5. The van der Waals surface area contributed by atoms with Crippen molar-refractivity contribution in [3.8, 4) is 11.8 Å². The summed E-state index contributed by atoms with van der Waals surface area (Å²) in [6, 6.07) is 14.7. The summed E-state index contributed by atoms with van der Waals surface area (Å²) in [6.07, 6.45) is 0. The van der Waals surface area contributed by atoms with Crippen LogP contribution in [0.2, 0.25) is 0 Å². The predicted molar refractivity (Wildman–Crippen MR) is 113 cm³/mol. The van der Waals surface area contributed by atoms with E-state index in [9.17, 15) is 9.59 Å². The van der Waals surface area contributed by atoms with Crippen molar-refractivity contribution in [1.29, 1.82) is 5.26 Å². The Bertz CT molecular complexity index is 922. The molecule has 0 saturated carbocycles. The maximum absolute atomic E-state index is 12.5. The number of amides is 2. The second-order valence-corrected chi connectivity index (χ2v) is 7.55. The lowest BCUT2D eigenvalue weighted by atomic mass is 10.1. The number of ether oxygens (including phenoxy) is 1. The fraction of sp³-hybridized carbons (Fsp3) is 0.348. The van der Waals surface area contributed by atoms with E-state index >= 15 is 0 Å². The van der Waals surface area contributed by atoms with Crippen molar-refractivity contribution in [3.63, 3.8) is 0 Å². The highest BCUT2D eigenvalue weighted by Gasteiger charge is 2.25. The number of hydrogen-bond acceptors (Lipinski definition) is 4. The smallest absolute Gasteiger partial charge is 0.279 e. The number of aryl methyl sites for hydroxylation is 2. The monoisotopic (exact) mass is 407 g/mol. The van der Waals surface area contributed by atoms with Gasteiger partial charge in [-0.15, -0.1) is 0 Å². The number of para-hydroxylation sites is 1. The number of anilines is 1. The van der Waals surface area contributed by atoms with Gasteiger partial charge < -0.3 is 19.9 Å². The van der Waals surface area contributed by atoms with Crippen molar-refractivity contribution >= 4 is 17.5 Å². The Morgan fingerprint density at radius 2 is 1.73 bits per heavy atom. The first kappa shape index (κ1) is 21.3. The van der Waals surface area contributed by atoms with E-state index in [1.165, 1.54) is 0 Å². The summed E-state index contributed by atoms with van der Waals surface area (Å²) in [5.74, 6) is 0.486. The Balaban J connectivity index is 1.42. The predicted octanol–water partition coefficient (Wildman–Crippen LogP) is 0.920. The number of hydrogen-bond donors (Lipinski definition) is 2. The first-order chi connectivity index (χ1) is 14.5. The van der Waals surface area contributed by atoms with Gasteiger partial charge in [-0.05, 0) is 49.2 Å². The van der Waals surface area contributed by atoms with Crippen molar-refractivity contribution in [2.75, 3.05) is 44.6 Å².